The molecule has 0 bridgehead atoms. The number of aromatic nitrogens is 2. The molecule has 1 N–H and O–H groups in total. The third-order valence-electron chi connectivity index (χ3n) is 3.36. The first kappa shape index (κ1) is 11.0. The van der Waals surface area contributed by atoms with Gasteiger partial charge in [0.15, 0.2) is 0 Å². The van der Waals surface area contributed by atoms with Crippen LogP contribution < -0.4 is 0 Å². The van der Waals surface area contributed by atoms with Gasteiger partial charge in [0.1, 0.15) is 5.82 Å². The molecule has 1 aliphatic rings. The number of para-hydroxylation sites is 2. The topological polar surface area (TPSA) is 49.0 Å². The third kappa shape index (κ3) is 1.79. The summed E-state index contributed by atoms with van der Waals surface area (Å²) in [7, 11) is 0. The molecule has 1 aromatic heterocycles. The number of likely N-dealkylation sites (tertiary alicyclic amines) is 1. The van der Waals surface area contributed by atoms with Gasteiger partial charge >= 0.3 is 0 Å². The van der Waals surface area contributed by atoms with Crippen molar-refractivity contribution < 1.29 is 4.79 Å². The molecule has 0 unspecified atom stereocenters. The summed E-state index contributed by atoms with van der Waals surface area (Å²) < 4.78 is 0. The summed E-state index contributed by atoms with van der Waals surface area (Å²) in [5.74, 6) is 1.27. The van der Waals surface area contributed by atoms with Crippen molar-refractivity contribution in [1.29, 1.82) is 0 Å². The minimum atomic E-state index is 0.171. The number of nitrogens with one attached hydrogen (secondary N) is 1. The fourth-order valence-electron chi connectivity index (χ4n) is 2.45. The number of hydrogen-bond acceptors (Lipinski definition) is 2. The molecule has 1 fully saturated rings. The Labute approximate surface area is 105 Å². The maximum Gasteiger partial charge on any atom is 0.223 e. The molecule has 0 radical (unpaired) electrons. The summed E-state index contributed by atoms with van der Waals surface area (Å²) in [6, 6.07) is 7.93. The van der Waals surface area contributed by atoms with Crippen molar-refractivity contribution in [3.63, 3.8) is 0 Å². The van der Waals surface area contributed by atoms with E-state index in [-0.39, 0.29) is 11.8 Å². The average molecular weight is 241 g/mol. The van der Waals surface area contributed by atoms with Crippen molar-refractivity contribution in [2.75, 3.05) is 13.1 Å². The maximum absolute atomic E-state index is 11.8. The number of nitrogens with zero attached hydrogens (tertiary/aromatic N) is 2. The predicted molar refractivity (Wildman–Crippen MR) is 70.2 cm³/mol. The Morgan fingerprint density at radius 2 is 2.33 bits per heavy atom. The number of fused-ring (bicyclic) bond motifs is 1. The number of carbonyl (C=O) groups excluding carboxylic acids is 1. The van der Waals surface area contributed by atoms with E-state index in [0.29, 0.717) is 13.0 Å². The van der Waals surface area contributed by atoms with Gasteiger partial charge in [0, 0.05) is 25.4 Å². The summed E-state index contributed by atoms with van der Waals surface area (Å²) in [5.41, 5.74) is 1.99. The molecule has 1 atom stereocenters. The van der Waals surface area contributed by atoms with E-state index in [0.717, 1.165) is 23.4 Å². The second-order valence-corrected chi connectivity index (χ2v) is 4.63. The van der Waals surface area contributed by atoms with Crippen LogP contribution in [0.25, 0.3) is 11.0 Å². The number of aromatic amines is 1. The van der Waals surface area contributed by atoms with Crippen LogP contribution in [0.15, 0.2) is 36.9 Å². The molecule has 2 aromatic rings. The number of carbonyl (C=O) groups is 1. The van der Waals surface area contributed by atoms with Crippen molar-refractivity contribution in [2.45, 2.75) is 12.3 Å². The van der Waals surface area contributed by atoms with Gasteiger partial charge in [-0.3, -0.25) is 4.79 Å². The molecule has 0 saturated carbocycles. The summed E-state index contributed by atoms with van der Waals surface area (Å²) in [4.78, 5) is 21.5. The van der Waals surface area contributed by atoms with Crippen molar-refractivity contribution in [2.24, 2.45) is 0 Å². The van der Waals surface area contributed by atoms with E-state index >= 15 is 0 Å². The maximum atomic E-state index is 11.8. The van der Waals surface area contributed by atoms with Gasteiger partial charge in [-0.15, -0.1) is 6.58 Å². The molecule has 1 saturated heterocycles. The molecule has 1 amide bonds. The van der Waals surface area contributed by atoms with Crippen LogP contribution in [0.3, 0.4) is 0 Å². The Morgan fingerprint density at radius 3 is 3.11 bits per heavy atom. The van der Waals surface area contributed by atoms with Gasteiger partial charge in [-0.1, -0.05) is 18.2 Å². The average Bonchev–Trinajstić information content (AvgIpc) is 2.94. The second kappa shape index (κ2) is 4.29. The van der Waals surface area contributed by atoms with E-state index in [1.54, 1.807) is 6.08 Å². The number of rotatable bonds is 3. The van der Waals surface area contributed by atoms with Crippen LogP contribution in [0.4, 0.5) is 0 Å². The number of H-pyrrole nitrogens is 1. The summed E-state index contributed by atoms with van der Waals surface area (Å²) in [6.07, 6.45) is 2.30. The van der Waals surface area contributed by atoms with Gasteiger partial charge in [0.25, 0.3) is 0 Å². The van der Waals surface area contributed by atoms with Crippen LogP contribution >= 0.6 is 0 Å². The molecule has 0 aliphatic carbocycles. The van der Waals surface area contributed by atoms with E-state index in [9.17, 15) is 4.79 Å². The Hall–Kier alpha value is -2.10. The first-order valence-corrected chi connectivity index (χ1v) is 6.11. The van der Waals surface area contributed by atoms with Crippen molar-refractivity contribution in [3.05, 3.63) is 42.7 Å². The zero-order valence-electron chi connectivity index (χ0n) is 10.1. The Bertz CT molecular complexity index is 569. The minimum absolute atomic E-state index is 0.171. The first-order chi connectivity index (χ1) is 8.78. The SMILES string of the molecule is C=CCN1C[C@@H](c2nc3ccccc3[nH]2)CC1=O. The van der Waals surface area contributed by atoms with Crippen LogP contribution in [-0.4, -0.2) is 33.9 Å². The largest absolute Gasteiger partial charge is 0.342 e. The predicted octanol–water partition coefficient (Wildman–Crippen LogP) is 2.06. The lowest BCUT2D eigenvalue weighted by molar-refractivity contribution is -0.127. The molecule has 4 heteroatoms. The third-order valence-corrected chi connectivity index (χ3v) is 3.36. The molecule has 92 valence electrons. The van der Waals surface area contributed by atoms with Crippen LogP contribution in [0.1, 0.15) is 18.2 Å². The highest BCUT2D eigenvalue weighted by atomic mass is 16.2. The molecule has 3 rings (SSSR count). The standard InChI is InChI=1S/C14H15N3O/c1-2-7-17-9-10(8-13(17)18)14-15-11-5-3-4-6-12(11)16-14/h2-6,10H,1,7-9H2,(H,15,16)/t10-/m0/s1. The van der Waals surface area contributed by atoms with Crippen LogP contribution in [0.5, 0.6) is 0 Å². The highest BCUT2D eigenvalue weighted by Gasteiger charge is 2.31. The van der Waals surface area contributed by atoms with Crippen molar-refractivity contribution in [3.8, 4) is 0 Å². The molecule has 1 aromatic carbocycles. The lowest BCUT2D eigenvalue weighted by Gasteiger charge is -2.12. The van der Waals surface area contributed by atoms with Crippen molar-refractivity contribution in [1.82, 2.24) is 14.9 Å². The monoisotopic (exact) mass is 241 g/mol. The number of amides is 1. The van der Waals surface area contributed by atoms with Crippen LogP contribution in [0, 0.1) is 0 Å². The fraction of sp³-hybridized carbons (Fsp3) is 0.286. The van der Waals surface area contributed by atoms with E-state index in [1.165, 1.54) is 0 Å². The van der Waals surface area contributed by atoms with Gasteiger partial charge in [-0.2, -0.15) is 0 Å². The number of hydrogen-bond donors (Lipinski definition) is 1. The smallest absolute Gasteiger partial charge is 0.223 e. The molecular formula is C14H15N3O. The van der Waals surface area contributed by atoms with E-state index < -0.39 is 0 Å². The first-order valence-electron chi connectivity index (χ1n) is 6.11. The van der Waals surface area contributed by atoms with E-state index in [1.807, 2.05) is 29.2 Å². The molecule has 2 heterocycles. The van der Waals surface area contributed by atoms with Crippen LogP contribution in [-0.2, 0) is 4.79 Å². The second-order valence-electron chi connectivity index (χ2n) is 4.63. The zero-order valence-corrected chi connectivity index (χ0v) is 10.1. The van der Waals surface area contributed by atoms with E-state index in [2.05, 4.69) is 16.5 Å². The summed E-state index contributed by atoms with van der Waals surface area (Å²) >= 11 is 0. The molecular weight excluding hydrogens is 226 g/mol. The van der Waals surface area contributed by atoms with Crippen LogP contribution in [0.2, 0.25) is 0 Å². The zero-order chi connectivity index (χ0) is 12.5. The summed E-state index contributed by atoms with van der Waals surface area (Å²) in [6.45, 7) is 5.02. The minimum Gasteiger partial charge on any atom is -0.342 e. The van der Waals surface area contributed by atoms with Gasteiger partial charge in [-0.25, -0.2) is 4.98 Å². The van der Waals surface area contributed by atoms with Gasteiger partial charge in [0.2, 0.25) is 5.91 Å². The van der Waals surface area contributed by atoms with Gasteiger partial charge < -0.3 is 9.88 Å². The quantitative estimate of drug-likeness (QED) is 0.836. The Morgan fingerprint density at radius 1 is 1.50 bits per heavy atom. The highest BCUT2D eigenvalue weighted by molar-refractivity contribution is 5.80. The fourth-order valence-corrected chi connectivity index (χ4v) is 2.45. The van der Waals surface area contributed by atoms with E-state index in [4.69, 9.17) is 0 Å². The molecule has 0 spiro atoms. The molecule has 18 heavy (non-hydrogen) atoms. The lowest BCUT2D eigenvalue weighted by Crippen LogP contribution is -2.24. The van der Waals surface area contributed by atoms with Gasteiger partial charge in [-0.05, 0) is 12.1 Å². The summed E-state index contributed by atoms with van der Waals surface area (Å²) in [5, 5.41) is 0. The molecule has 1 aliphatic heterocycles. The van der Waals surface area contributed by atoms with Crippen molar-refractivity contribution >= 4 is 16.9 Å². The highest BCUT2D eigenvalue weighted by Crippen LogP contribution is 2.27. The Kier molecular flexibility index (Phi) is 2.63. The number of benzene rings is 1. The lowest BCUT2D eigenvalue weighted by atomic mass is 10.1. The Balaban J connectivity index is 1.87. The van der Waals surface area contributed by atoms with Gasteiger partial charge in [0.05, 0.1) is 11.0 Å². The molecule has 4 nitrogen and oxygen atoms in total. The number of imidazole rings is 1. The normalized spacial score (nSPS) is 19.7.